The number of hydrogen-bond donors (Lipinski definition) is 1. The molecular formula is C18H23N3O3. The van der Waals surface area contributed by atoms with Crippen LogP contribution in [0.15, 0.2) is 24.3 Å². The first kappa shape index (κ1) is 15.4. The Morgan fingerprint density at radius 2 is 2.17 bits per heavy atom. The number of likely N-dealkylation sites (tertiary alicyclic amines) is 1. The zero-order valence-corrected chi connectivity index (χ0v) is 13.9. The van der Waals surface area contributed by atoms with Crippen molar-refractivity contribution < 1.29 is 14.3 Å². The number of urea groups is 1. The predicted octanol–water partition coefficient (Wildman–Crippen LogP) is 1.28. The molecule has 2 atom stereocenters. The van der Waals surface area contributed by atoms with Crippen molar-refractivity contribution in [1.29, 1.82) is 0 Å². The molecule has 0 spiro atoms. The Hall–Kier alpha value is -2.08. The van der Waals surface area contributed by atoms with E-state index in [4.69, 9.17) is 4.74 Å². The highest BCUT2D eigenvalue weighted by atomic mass is 16.5. The number of carbonyl (C=O) groups is 2. The van der Waals surface area contributed by atoms with Gasteiger partial charge >= 0.3 is 6.03 Å². The fraction of sp³-hybridized carbons (Fsp3) is 0.556. The van der Waals surface area contributed by atoms with E-state index in [0.717, 1.165) is 18.4 Å². The Morgan fingerprint density at radius 3 is 2.92 bits per heavy atom. The molecule has 0 radical (unpaired) electrons. The highest BCUT2D eigenvalue weighted by Gasteiger charge is 2.45. The van der Waals surface area contributed by atoms with E-state index >= 15 is 0 Å². The lowest BCUT2D eigenvalue weighted by molar-refractivity contribution is -0.153. The molecule has 1 aromatic carbocycles. The van der Waals surface area contributed by atoms with Crippen LogP contribution < -0.4 is 5.32 Å². The molecule has 128 valence electrons. The predicted molar refractivity (Wildman–Crippen MR) is 88.4 cm³/mol. The number of rotatable bonds is 3. The van der Waals surface area contributed by atoms with Crippen molar-refractivity contribution >= 4 is 11.9 Å². The van der Waals surface area contributed by atoms with Crippen LogP contribution in [0.25, 0.3) is 0 Å². The molecular weight excluding hydrogens is 306 g/mol. The van der Waals surface area contributed by atoms with Crippen molar-refractivity contribution in [3.05, 3.63) is 35.4 Å². The fourth-order valence-electron chi connectivity index (χ4n) is 3.54. The lowest BCUT2D eigenvalue weighted by Crippen LogP contribution is -2.53. The number of nitrogens with zero attached hydrogens (tertiary/aromatic N) is 2. The lowest BCUT2D eigenvalue weighted by Gasteiger charge is -2.36. The Balaban J connectivity index is 1.47. The van der Waals surface area contributed by atoms with E-state index in [1.807, 2.05) is 30.0 Å². The molecule has 2 saturated heterocycles. The van der Waals surface area contributed by atoms with Gasteiger partial charge in [0.1, 0.15) is 6.61 Å². The number of aryl methyl sites for hydroxylation is 1. The van der Waals surface area contributed by atoms with Crippen molar-refractivity contribution in [3.8, 4) is 0 Å². The minimum Gasteiger partial charge on any atom is -0.364 e. The number of hydrogen-bond acceptors (Lipinski definition) is 3. The van der Waals surface area contributed by atoms with E-state index < -0.39 is 0 Å². The van der Waals surface area contributed by atoms with Gasteiger partial charge in [-0.1, -0.05) is 29.8 Å². The number of carbonyl (C=O) groups excluding carboxylic acids is 2. The second kappa shape index (κ2) is 6.09. The topological polar surface area (TPSA) is 61.9 Å². The van der Waals surface area contributed by atoms with Crippen LogP contribution >= 0.6 is 0 Å². The van der Waals surface area contributed by atoms with Crippen LogP contribution in [-0.4, -0.2) is 59.6 Å². The van der Waals surface area contributed by atoms with E-state index in [-0.39, 0.29) is 30.7 Å². The molecule has 0 bridgehead atoms. The van der Waals surface area contributed by atoms with Crippen LogP contribution in [-0.2, 0) is 16.1 Å². The summed E-state index contributed by atoms with van der Waals surface area (Å²) >= 11 is 0. The van der Waals surface area contributed by atoms with E-state index in [2.05, 4.69) is 11.4 Å². The van der Waals surface area contributed by atoms with Gasteiger partial charge in [0, 0.05) is 19.1 Å². The Labute approximate surface area is 141 Å². The van der Waals surface area contributed by atoms with Gasteiger partial charge in [0.15, 0.2) is 0 Å². The molecule has 24 heavy (non-hydrogen) atoms. The van der Waals surface area contributed by atoms with Crippen molar-refractivity contribution in [1.82, 2.24) is 15.1 Å². The van der Waals surface area contributed by atoms with Crippen LogP contribution in [0.5, 0.6) is 0 Å². The van der Waals surface area contributed by atoms with Crippen molar-refractivity contribution in [2.75, 3.05) is 19.7 Å². The Kier molecular flexibility index (Phi) is 3.92. The largest absolute Gasteiger partial charge is 0.364 e. The summed E-state index contributed by atoms with van der Waals surface area (Å²) in [5.41, 5.74) is 2.30. The molecule has 3 fully saturated rings. The monoisotopic (exact) mass is 329 g/mol. The minimum absolute atomic E-state index is 0.00204. The number of morpholine rings is 1. The molecule has 6 heteroatoms. The normalized spacial score (nSPS) is 26.5. The number of amides is 3. The summed E-state index contributed by atoms with van der Waals surface area (Å²) in [4.78, 5) is 28.3. The Bertz CT molecular complexity index is 659. The van der Waals surface area contributed by atoms with Gasteiger partial charge in [0.05, 0.1) is 18.7 Å². The maximum Gasteiger partial charge on any atom is 0.317 e. The van der Waals surface area contributed by atoms with Gasteiger partial charge in [-0.05, 0) is 25.3 Å². The van der Waals surface area contributed by atoms with Gasteiger partial charge < -0.3 is 19.9 Å². The summed E-state index contributed by atoms with van der Waals surface area (Å²) in [5, 5.41) is 3.02. The van der Waals surface area contributed by atoms with Crippen LogP contribution in [0.4, 0.5) is 4.79 Å². The molecule has 0 aromatic heterocycles. The van der Waals surface area contributed by atoms with E-state index in [1.165, 1.54) is 5.56 Å². The lowest BCUT2D eigenvalue weighted by atomic mass is 10.1. The zero-order chi connectivity index (χ0) is 16.7. The third-order valence-corrected chi connectivity index (χ3v) is 5.01. The van der Waals surface area contributed by atoms with Crippen molar-refractivity contribution in [2.45, 2.75) is 44.5 Å². The smallest absolute Gasteiger partial charge is 0.317 e. The first-order valence-electron chi connectivity index (χ1n) is 8.62. The van der Waals surface area contributed by atoms with E-state index in [9.17, 15) is 9.59 Å². The van der Waals surface area contributed by atoms with Gasteiger partial charge in [-0.3, -0.25) is 4.79 Å². The van der Waals surface area contributed by atoms with Gasteiger partial charge in [0.25, 0.3) is 0 Å². The molecule has 6 nitrogen and oxygen atoms in total. The molecule has 2 aliphatic heterocycles. The highest BCUT2D eigenvalue weighted by Crippen LogP contribution is 2.26. The minimum atomic E-state index is -0.0857. The summed E-state index contributed by atoms with van der Waals surface area (Å²) in [6.07, 6.45) is 2.06. The first-order valence-corrected chi connectivity index (χ1v) is 8.62. The summed E-state index contributed by atoms with van der Waals surface area (Å²) in [5.74, 6) is 0.00204. The molecule has 0 unspecified atom stereocenters. The molecule has 2 heterocycles. The van der Waals surface area contributed by atoms with Crippen LogP contribution in [0.3, 0.4) is 0 Å². The number of nitrogens with one attached hydrogen (secondary N) is 1. The number of fused-ring (bicyclic) bond motifs is 1. The molecule has 1 aromatic rings. The van der Waals surface area contributed by atoms with Crippen molar-refractivity contribution in [3.63, 3.8) is 0 Å². The molecule has 1 aliphatic carbocycles. The zero-order valence-electron chi connectivity index (χ0n) is 13.9. The van der Waals surface area contributed by atoms with Gasteiger partial charge in [-0.25, -0.2) is 4.79 Å². The summed E-state index contributed by atoms with van der Waals surface area (Å²) in [7, 11) is 0. The standard InChI is InChI=1S/C18H23N3O3/c1-12-3-2-4-13(7-12)8-21-15-9-20(18(23)19-14-5-6-14)10-16(15)24-11-17(21)22/h2-4,7,14-16H,5-6,8-11H2,1H3,(H,19,23)/t15-,16-/m0/s1. The summed E-state index contributed by atoms with van der Waals surface area (Å²) in [6.45, 7) is 3.82. The first-order chi connectivity index (χ1) is 11.6. The van der Waals surface area contributed by atoms with Gasteiger partial charge in [0.2, 0.25) is 5.91 Å². The maximum absolute atomic E-state index is 12.4. The number of benzene rings is 1. The Morgan fingerprint density at radius 1 is 1.33 bits per heavy atom. The summed E-state index contributed by atoms with van der Waals surface area (Å²) in [6, 6.07) is 8.45. The van der Waals surface area contributed by atoms with Gasteiger partial charge in [-0.2, -0.15) is 0 Å². The van der Waals surface area contributed by atoms with Crippen molar-refractivity contribution in [2.24, 2.45) is 0 Å². The van der Waals surface area contributed by atoms with Crippen LogP contribution in [0.1, 0.15) is 24.0 Å². The SMILES string of the molecule is Cc1cccc(CN2C(=O)CO[C@H]3CN(C(=O)NC4CC4)C[C@@H]32)c1. The molecule has 3 aliphatic rings. The fourth-order valence-corrected chi connectivity index (χ4v) is 3.54. The average molecular weight is 329 g/mol. The van der Waals surface area contributed by atoms with E-state index in [0.29, 0.717) is 25.7 Å². The third-order valence-electron chi connectivity index (χ3n) is 5.01. The second-order valence-electron chi connectivity index (χ2n) is 7.06. The van der Waals surface area contributed by atoms with Crippen LogP contribution in [0.2, 0.25) is 0 Å². The molecule has 1 N–H and O–H groups in total. The molecule has 1 saturated carbocycles. The second-order valence-corrected chi connectivity index (χ2v) is 7.06. The number of ether oxygens (including phenoxy) is 1. The average Bonchev–Trinajstić information content (AvgIpc) is 3.25. The van der Waals surface area contributed by atoms with Crippen LogP contribution in [0, 0.1) is 6.92 Å². The third kappa shape index (κ3) is 3.11. The van der Waals surface area contributed by atoms with E-state index in [1.54, 1.807) is 4.90 Å². The maximum atomic E-state index is 12.4. The highest BCUT2D eigenvalue weighted by molar-refractivity contribution is 5.80. The quantitative estimate of drug-likeness (QED) is 0.909. The van der Waals surface area contributed by atoms with Gasteiger partial charge in [-0.15, -0.1) is 0 Å². The summed E-state index contributed by atoms with van der Waals surface area (Å²) < 4.78 is 5.69. The molecule has 3 amide bonds. The molecule has 4 rings (SSSR count).